The molecule has 0 radical (unpaired) electrons. The van der Waals surface area contributed by atoms with E-state index in [4.69, 9.17) is 4.42 Å². The molecule has 2 aromatic heterocycles. The van der Waals surface area contributed by atoms with E-state index in [1.807, 2.05) is 11.6 Å². The van der Waals surface area contributed by atoms with Gasteiger partial charge in [0.25, 0.3) is 5.89 Å². The van der Waals surface area contributed by atoms with Crippen LogP contribution in [0.1, 0.15) is 50.3 Å². The highest BCUT2D eigenvalue weighted by molar-refractivity contribution is 5.44. The average Bonchev–Trinajstić information content (AvgIpc) is 3.27. The summed E-state index contributed by atoms with van der Waals surface area (Å²) in [7, 11) is 1.94. The summed E-state index contributed by atoms with van der Waals surface area (Å²) in [6, 6.07) is 0.776. The van der Waals surface area contributed by atoms with E-state index < -0.39 is 0 Å². The fraction of sp³-hybridized carbons (Fsp3) is 0.688. The molecule has 2 aromatic rings. The Balaban J connectivity index is 1.45. The fourth-order valence-corrected chi connectivity index (χ4v) is 3.83. The van der Waals surface area contributed by atoms with Crippen LogP contribution >= 0.6 is 0 Å². The third-order valence-corrected chi connectivity index (χ3v) is 5.14. The van der Waals surface area contributed by atoms with Crippen molar-refractivity contribution in [2.24, 2.45) is 7.05 Å². The summed E-state index contributed by atoms with van der Waals surface area (Å²) < 4.78 is 7.82. The van der Waals surface area contributed by atoms with Crippen molar-refractivity contribution in [3.8, 4) is 11.6 Å². The fourth-order valence-electron chi connectivity index (χ4n) is 3.83. The Morgan fingerprint density at radius 1 is 1.14 bits per heavy atom. The van der Waals surface area contributed by atoms with E-state index in [1.165, 1.54) is 38.6 Å². The van der Waals surface area contributed by atoms with Crippen molar-refractivity contribution in [2.75, 3.05) is 13.1 Å². The van der Waals surface area contributed by atoms with Crippen LogP contribution in [-0.4, -0.2) is 43.8 Å². The van der Waals surface area contributed by atoms with E-state index in [0.717, 1.165) is 30.6 Å². The van der Waals surface area contributed by atoms with E-state index in [0.29, 0.717) is 11.8 Å². The molecule has 22 heavy (non-hydrogen) atoms. The van der Waals surface area contributed by atoms with Crippen LogP contribution in [0, 0.1) is 0 Å². The summed E-state index contributed by atoms with van der Waals surface area (Å²) in [5.74, 6) is 1.75. The van der Waals surface area contributed by atoms with Gasteiger partial charge in [0.1, 0.15) is 5.69 Å². The number of hydrogen-bond donors (Lipinski definition) is 0. The molecule has 4 rings (SSSR count). The zero-order valence-electron chi connectivity index (χ0n) is 13.1. The van der Waals surface area contributed by atoms with Crippen molar-refractivity contribution in [3.05, 3.63) is 18.4 Å². The molecule has 1 aliphatic carbocycles. The predicted octanol–water partition coefficient (Wildman–Crippen LogP) is 2.59. The first-order chi connectivity index (χ1) is 10.8. The lowest BCUT2D eigenvalue weighted by Crippen LogP contribution is -2.34. The summed E-state index contributed by atoms with van der Waals surface area (Å²) in [6.07, 6.45) is 11.5. The Morgan fingerprint density at radius 3 is 2.77 bits per heavy atom. The van der Waals surface area contributed by atoms with Gasteiger partial charge in [0.15, 0.2) is 0 Å². The van der Waals surface area contributed by atoms with E-state index >= 15 is 0 Å². The Labute approximate surface area is 130 Å². The van der Waals surface area contributed by atoms with E-state index in [2.05, 4.69) is 20.1 Å². The number of aryl methyl sites for hydroxylation is 1. The smallest absolute Gasteiger partial charge is 0.265 e. The Kier molecular flexibility index (Phi) is 3.70. The molecule has 0 unspecified atom stereocenters. The Morgan fingerprint density at radius 2 is 2.00 bits per heavy atom. The van der Waals surface area contributed by atoms with Crippen molar-refractivity contribution in [1.82, 2.24) is 24.6 Å². The van der Waals surface area contributed by atoms with Crippen LogP contribution in [0.15, 0.2) is 16.9 Å². The summed E-state index contributed by atoms with van der Waals surface area (Å²) in [5, 5.41) is 8.50. The molecular weight excluding hydrogens is 278 g/mol. The molecule has 0 amide bonds. The molecule has 1 aliphatic heterocycles. The van der Waals surface area contributed by atoms with E-state index in [1.54, 1.807) is 12.5 Å². The van der Waals surface area contributed by atoms with Crippen LogP contribution in [0.25, 0.3) is 11.6 Å². The van der Waals surface area contributed by atoms with E-state index in [9.17, 15) is 0 Å². The van der Waals surface area contributed by atoms with Crippen molar-refractivity contribution >= 4 is 0 Å². The van der Waals surface area contributed by atoms with Crippen LogP contribution in [0.3, 0.4) is 0 Å². The molecule has 1 saturated heterocycles. The number of rotatable bonds is 3. The van der Waals surface area contributed by atoms with Crippen LogP contribution < -0.4 is 0 Å². The first-order valence-electron chi connectivity index (χ1n) is 8.35. The molecule has 0 bridgehead atoms. The molecule has 0 spiro atoms. The van der Waals surface area contributed by atoms with Gasteiger partial charge in [0.2, 0.25) is 5.89 Å². The third-order valence-electron chi connectivity index (χ3n) is 5.14. The molecule has 2 fully saturated rings. The van der Waals surface area contributed by atoms with E-state index in [-0.39, 0.29) is 0 Å². The second kappa shape index (κ2) is 5.83. The molecule has 2 aliphatic rings. The zero-order valence-corrected chi connectivity index (χ0v) is 13.1. The van der Waals surface area contributed by atoms with Gasteiger partial charge in [-0.1, -0.05) is 19.3 Å². The molecule has 1 saturated carbocycles. The molecule has 0 N–H and O–H groups in total. The molecule has 118 valence electrons. The van der Waals surface area contributed by atoms with Gasteiger partial charge >= 0.3 is 0 Å². The topological polar surface area (TPSA) is 60.0 Å². The average molecular weight is 301 g/mol. The van der Waals surface area contributed by atoms with Gasteiger partial charge < -0.3 is 8.98 Å². The first kappa shape index (κ1) is 13.9. The molecule has 3 heterocycles. The predicted molar refractivity (Wildman–Crippen MR) is 82.3 cm³/mol. The third kappa shape index (κ3) is 2.56. The van der Waals surface area contributed by atoms with Crippen molar-refractivity contribution < 1.29 is 4.42 Å². The number of aromatic nitrogens is 4. The normalized spacial score (nSPS) is 24.1. The molecule has 6 heteroatoms. The van der Waals surface area contributed by atoms with Crippen LogP contribution in [0.2, 0.25) is 0 Å². The maximum absolute atomic E-state index is 5.92. The number of hydrogen-bond acceptors (Lipinski definition) is 5. The number of imidazole rings is 1. The van der Waals surface area contributed by atoms with Gasteiger partial charge in [-0.15, -0.1) is 10.2 Å². The highest BCUT2D eigenvalue weighted by Gasteiger charge is 2.32. The van der Waals surface area contributed by atoms with Crippen LogP contribution in [-0.2, 0) is 7.05 Å². The maximum atomic E-state index is 5.92. The Hall–Kier alpha value is -1.69. The SMILES string of the molecule is Cn1cncc1-c1nnc([C@H]2CCN(C3CCCCC3)C2)o1. The summed E-state index contributed by atoms with van der Waals surface area (Å²) in [5.41, 5.74) is 0.876. The van der Waals surface area contributed by atoms with Gasteiger partial charge in [-0.2, -0.15) is 0 Å². The number of likely N-dealkylation sites (tertiary alicyclic amines) is 1. The largest absolute Gasteiger partial charge is 0.419 e. The molecule has 0 aromatic carbocycles. The second-order valence-corrected chi connectivity index (χ2v) is 6.61. The molecule has 6 nitrogen and oxygen atoms in total. The maximum Gasteiger partial charge on any atom is 0.265 e. The minimum atomic E-state index is 0.386. The minimum Gasteiger partial charge on any atom is -0.419 e. The lowest BCUT2D eigenvalue weighted by molar-refractivity contribution is 0.187. The summed E-state index contributed by atoms with van der Waals surface area (Å²) in [4.78, 5) is 6.74. The van der Waals surface area contributed by atoms with Gasteiger partial charge in [-0.05, 0) is 25.8 Å². The van der Waals surface area contributed by atoms with Crippen molar-refractivity contribution in [3.63, 3.8) is 0 Å². The first-order valence-corrected chi connectivity index (χ1v) is 8.35. The van der Waals surface area contributed by atoms with Gasteiger partial charge in [0.05, 0.1) is 18.4 Å². The summed E-state index contributed by atoms with van der Waals surface area (Å²) >= 11 is 0. The van der Waals surface area contributed by atoms with Crippen LogP contribution in [0.5, 0.6) is 0 Å². The zero-order chi connectivity index (χ0) is 14.9. The summed E-state index contributed by atoms with van der Waals surface area (Å²) in [6.45, 7) is 2.23. The molecule has 1 atom stereocenters. The van der Waals surface area contributed by atoms with Gasteiger partial charge in [-0.25, -0.2) is 4.98 Å². The second-order valence-electron chi connectivity index (χ2n) is 6.61. The lowest BCUT2D eigenvalue weighted by atomic mass is 9.94. The highest BCUT2D eigenvalue weighted by Crippen LogP contribution is 2.32. The standard InChI is InChI=1S/C16H23N5O/c1-20-11-17-9-14(20)16-19-18-15(22-16)12-7-8-21(10-12)13-5-3-2-4-6-13/h9,11-13H,2-8,10H2,1H3/t12-/m0/s1. The van der Waals surface area contributed by atoms with Gasteiger partial charge in [-0.3, -0.25) is 4.90 Å². The lowest BCUT2D eigenvalue weighted by Gasteiger charge is -2.30. The Bertz CT molecular complexity index is 628. The highest BCUT2D eigenvalue weighted by atomic mass is 16.4. The molecular formula is C16H23N5O. The van der Waals surface area contributed by atoms with Crippen LogP contribution in [0.4, 0.5) is 0 Å². The van der Waals surface area contributed by atoms with Crippen molar-refractivity contribution in [2.45, 2.75) is 50.5 Å². The minimum absolute atomic E-state index is 0.386. The number of nitrogens with zero attached hydrogens (tertiary/aromatic N) is 5. The quantitative estimate of drug-likeness (QED) is 0.872. The van der Waals surface area contributed by atoms with Gasteiger partial charge in [0, 0.05) is 19.6 Å². The monoisotopic (exact) mass is 301 g/mol. The van der Waals surface area contributed by atoms with Crippen molar-refractivity contribution in [1.29, 1.82) is 0 Å².